The van der Waals surface area contributed by atoms with E-state index in [1.54, 1.807) is 11.9 Å². The zero-order valence-corrected chi connectivity index (χ0v) is 16.4. The number of nitrogens with zero attached hydrogens (tertiary/aromatic N) is 4. The van der Waals surface area contributed by atoms with Crippen LogP contribution in [-0.2, 0) is 4.79 Å². The summed E-state index contributed by atoms with van der Waals surface area (Å²) in [7, 11) is 0. The van der Waals surface area contributed by atoms with Crippen LogP contribution in [0.2, 0.25) is 5.02 Å². The van der Waals surface area contributed by atoms with Crippen molar-refractivity contribution in [2.45, 2.75) is 18.9 Å². The van der Waals surface area contributed by atoms with E-state index in [4.69, 9.17) is 22.4 Å². The lowest BCUT2D eigenvalue weighted by Gasteiger charge is -2.18. The Bertz CT molecular complexity index is 1120. The second-order valence-electron chi connectivity index (χ2n) is 6.81. The molecule has 1 aromatic heterocycles. The van der Waals surface area contributed by atoms with Crippen LogP contribution in [0.25, 0.3) is 0 Å². The van der Waals surface area contributed by atoms with E-state index in [1.807, 2.05) is 54.6 Å². The molecule has 9 heteroatoms. The first-order valence-electron chi connectivity index (χ1n) is 9.09. The molecule has 0 bridgehead atoms. The van der Waals surface area contributed by atoms with Crippen LogP contribution >= 0.6 is 11.6 Å². The number of rotatable bonds is 5. The van der Waals surface area contributed by atoms with E-state index in [2.05, 4.69) is 10.2 Å². The number of hydrogen-bond donors (Lipinski definition) is 2. The zero-order valence-electron chi connectivity index (χ0n) is 15.6. The van der Waals surface area contributed by atoms with Crippen molar-refractivity contribution in [3.05, 3.63) is 81.2 Å². The third-order valence-corrected chi connectivity index (χ3v) is 5.22. The van der Waals surface area contributed by atoms with Gasteiger partial charge in [-0.05, 0) is 30.2 Å². The van der Waals surface area contributed by atoms with Gasteiger partial charge in [-0.3, -0.25) is 4.79 Å². The molecule has 148 valence electrons. The van der Waals surface area contributed by atoms with Crippen LogP contribution in [0, 0.1) is 0 Å². The lowest BCUT2D eigenvalue weighted by molar-refractivity contribution is -0.120. The second kappa shape index (κ2) is 7.56. The van der Waals surface area contributed by atoms with Gasteiger partial charge in [0.1, 0.15) is 6.04 Å². The summed E-state index contributed by atoms with van der Waals surface area (Å²) in [6.07, 6.45) is 0. The van der Waals surface area contributed by atoms with Crippen LogP contribution in [0.15, 0.2) is 64.5 Å². The van der Waals surface area contributed by atoms with E-state index < -0.39 is 17.6 Å². The zero-order chi connectivity index (χ0) is 20.5. The Hall–Kier alpha value is -3.39. The van der Waals surface area contributed by atoms with Gasteiger partial charge in [0.05, 0.1) is 12.3 Å². The Morgan fingerprint density at radius 1 is 1.21 bits per heavy atom. The Labute approximate surface area is 171 Å². The first kappa shape index (κ1) is 18.9. The van der Waals surface area contributed by atoms with E-state index in [1.165, 1.54) is 4.57 Å². The summed E-state index contributed by atoms with van der Waals surface area (Å²) in [5.74, 6) is -0.442. The van der Waals surface area contributed by atoms with Gasteiger partial charge in [0.2, 0.25) is 11.9 Å². The molecule has 2 aromatic carbocycles. The minimum Gasteiger partial charge on any atom is -0.368 e. The summed E-state index contributed by atoms with van der Waals surface area (Å²) < 4.78 is 1.22. The molecule has 4 rings (SSSR count). The summed E-state index contributed by atoms with van der Waals surface area (Å²) in [6.45, 7) is 2.01. The molecule has 0 saturated heterocycles. The molecule has 0 fully saturated rings. The van der Waals surface area contributed by atoms with Crippen molar-refractivity contribution >= 4 is 29.2 Å². The van der Waals surface area contributed by atoms with Gasteiger partial charge in [0, 0.05) is 10.9 Å². The van der Waals surface area contributed by atoms with Crippen molar-refractivity contribution in [1.29, 1.82) is 0 Å². The normalized spacial score (nSPS) is 17.2. The maximum Gasteiger partial charge on any atom is 0.345 e. The highest BCUT2D eigenvalue weighted by atomic mass is 35.5. The summed E-state index contributed by atoms with van der Waals surface area (Å²) in [5, 5.41) is 13.5. The summed E-state index contributed by atoms with van der Waals surface area (Å²) >= 11 is 6.04. The first-order valence-corrected chi connectivity index (χ1v) is 9.46. The first-order chi connectivity index (χ1) is 14.0. The molecule has 2 atom stereocenters. The molecule has 2 heterocycles. The molecular formula is C20H19ClN6O2. The predicted molar refractivity (Wildman–Crippen MR) is 111 cm³/mol. The van der Waals surface area contributed by atoms with Crippen LogP contribution in [0.1, 0.15) is 30.0 Å². The standard InChI is InChI=1S/C20H19ClN6O2/c1-12(18(22)28)27-19(23-24-20(27)29)26-11-16(13-5-3-2-4-6-13)17(25-26)14-7-9-15(21)10-8-14/h2-10,12,16H,11H2,1H3,(H2,22,28)(H,24,29)/t12-,16?/m0/s1. The Kier molecular flexibility index (Phi) is 4.94. The number of nitrogens with one attached hydrogen (secondary N) is 1. The fraction of sp³-hybridized carbons (Fsp3) is 0.200. The van der Waals surface area contributed by atoms with E-state index >= 15 is 0 Å². The number of anilines is 1. The average molecular weight is 411 g/mol. The number of hydrazone groups is 1. The van der Waals surface area contributed by atoms with Crippen molar-refractivity contribution in [2.75, 3.05) is 11.6 Å². The van der Waals surface area contributed by atoms with E-state index in [-0.39, 0.29) is 11.9 Å². The number of carbonyl (C=O) groups is 1. The molecule has 0 radical (unpaired) electrons. The highest BCUT2D eigenvalue weighted by molar-refractivity contribution is 6.30. The largest absolute Gasteiger partial charge is 0.368 e. The minimum atomic E-state index is -0.860. The number of halogens is 1. The Morgan fingerprint density at radius 3 is 2.55 bits per heavy atom. The van der Waals surface area contributed by atoms with E-state index in [9.17, 15) is 9.59 Å². The maximum atomic E-state index is 12.2. The number of aromatic nitrogens is 3. The molecule has 0 aliphatic carbocycles. The third kappa shape index (κ3) is 3.54. The molecule has 1 amide bonds. The fourth-order valence-electron chi connectivity index (χ4n) is 3.41. The van der Waals surface area contributed by atoms with Gasteiger partial charge in [0.25, 0.3) is 0 Å². The number of carbonyl (C=O) groups excluding carboxylic acids is 1. The van der Waals surface area contributed by atoms with Gasteiger partial charge in [0.15, 0.2) is 0 Å². The van der Waals surface area contributed by atoms with E-state index in [0.717, 1.165) is 16.8 Å². The molecule has 3 aromatic rings. The van der Waals surface area contributed by atoms with Gasteiger partial charge in [-0.15, -0.1) is 5.10 Å². The van der Waals surface area contributed by atoms with E-state index in [0.29, 0.717) is 11.6 Å². The average Bonchev–Trinajstić information content (AvgIpc) is 3.32. The summed E-state index contributed by atoms with van der Waals surface area (Å²) in [6, 6.07) is 16.5. The highest BCUT2D eigenvalue weighted by Crippen LogP contribution is 2.31. The van der Waals surface area contributed by atoms with Gasteiger partial charge in [-0.2, -0.15) is 5.10 Å². The molecule has 8 nitrogen and oxygen atoms in total. The maximum absolute atomic E-state index is 12.2. The monoisotopic (exact) mass is 410 g/mol. The van der Waals surface area contributed by atoms with Crippen molar-refractivity contribution < 1.29 is 4.79 Å². The van der Waals surface area contributed by atoms with Gasteiger partial charge in [-0.1, -0.05) is 54.1 Å². The molecule has 29 heavy (non-hydrogen) atoms. The van der Waals surface area contributed by atoms with Gasteiger partial charge >= 0.3 is 5.69 Å². The number of amides is 1. The molecular weight excluding hydrogens is 392 g/mol. The smallest absolute Gasteiger partial charge is 0.345 e. The molecule has 1 aliphatic heterocycles. The predicted octanol–water partition coefficient (Wildman–Crippen LogP) is 2.28. The van der Waals surface area contributed by atoms with Crippen LogP contribution < -0.4 is 16.4 Å². The molecule has 0 spiro atoms. The van der Waals surface area contributed by atoms with Crippen molar-refractivity contribution in [3.63, 3.8) is 0 Å². The lowest BCUT2D eigenvalue weighted by Crippen LogP contribution is -2.33. The topological polar surface area (TPSA) is 109 Å². The van der Waals surface area contributed by atoms with Crippen molar-refractivity contribution in [1.82, 2.24) is 14.8 Å². The quantitative estimate of drug-likeness (QED) is 0.672. The molecule has 1 aliphatic rings. The third-order valence-electron chi connectivity index (χ3n) is 4.97. The highest BCUT2D eigenvalue weighted by Gasteiger charge is 2.33. The number of aromatic amines is 1. The fourth-order valence-corrected chi connectivity index (χ4v) is 3.54. The number of primary amides is 1. The van der Waals surface area contributed by atoms with Crippen LogP contribution in [0.4, 0.5) is 5.95 Å². The summed E-state index contributed by atoms with van der Waals surface area (Å²) in [4.78, 5) is 23.9. The van der Waals surface area contributed by atoms with Crippen molar-refractivity contribution in [2.24, 2.45) is 10.8 Å². The number of nitrogens with two attached hydrogens (primary N) is 1. The molecule has 0 saturated carbocycles. The van der Waals surface area contributed by atoms with Crippen LogP contribution in [-0.4, -0.2) is 32.9 Å². The summed E-state index contributed by atoms with van der Waals surface area (Å²) in [5.41, 5.74) is 7.71. The minimum absolute atomic E-state index is 0.0542. The van der Waals surface area contributed by atoms with Crippen molar-refractivity contribution in [3.8, 4) is 0 Å². The number of hydrogen-bond acceptors (Lipinski definition) is 5. The van der Waals surface area contributed by atoms with Gasteiger partial charge in [-0.25, -0.2) is 19.5 Å². The van der Waals surface area contributed by atoms with Crippen LogP contribution in [0.3, 0.4) is 0 Å². The molecule has 3 N–H and O–H groups in total. The molecule has 1 unspecified atom stereocenters. The Balaban J connectivity index is 1.80. The van der Waals surface area contributed by atoms with Crippen LogP contribution in [0.5, 0.6) is 0 Å². The number of H-pyrrole nitrogens is 1. The SMILES string of the molecule is C[C@@H](C(N)=O)n1c(N2CC(c3ccccc3)C(c3ccc(Cl)cc3)=N2)n[nH]c1=O. The number of benzene rings is 2. The Morgan fingerprint density at radius 2 is 1.90 bits per heavy atom. The second-order valence-corrected chi connectivity index (χ2v) is 7.25. The lowest BCUT2D eigenvalue weighted by atomic mass is 9.91. The van der Waals surface area contributed by atoms with Gasteiger partial charge < -0.3 is 5.73 Å².